The summed E-state index contributed by atoms with van der Waals surface area (Å²) in [5.74, 6) is 7.53. The van der Waals surface area contributed by atoms with Crippen molar-refractivity contribution in [3.8, 4) is 29.0 Å². The predicted octanol–water partition coefficient (Wildman–Crippen LogP) is 2.07. The lowest BCUT2D eigenvalue weighted by atomic mass is 10.1. The molecular formula is C14H16N4O. The molecule has 0 saturated heterocycles. The number of methoxy groups -OCH3 is 1. The van der Waals surface area contributed by atoms with E-state index >= 15 is 0 Å². The molecule has 2 rings (SSSR count). The second-order valence-electron chi connectivity index (χ2n) is 4.11. The Morgan fingerprint density at radius 3 is 2.84 bits per heavy atom. The van der Waals surface area contributed by atoms with Crippen molar-refractivity contribution in [3.05, 3.63) is 23.8 Å². The number of tetrazole rings is 1. The Balaban J connectivity index is 2.36. The smallest absolute Gasteiger partial charge is 0.183 e. The molecule has 0 aliphatic rings. The first-order valence-electron chi connectivity index (χ1n) is 6.12. The van der Waals surface area contributed by atoms with Gasteiger partial charge in [-0.25, -0.2) is 4.68 Å². The van der Waals surface area contributed by atoms with Crippen LogP contribution in [0.3, 0.4) is 0 Å². The Bertz CT molecular complexity index is 622. The minimum absolute atomic E-state index is 0.492. The van der Waals surface area contributed by atoms with E-state index in [2.05, 4.69) is 27.4 Å². The SMILES string of the molecule is CCC#CCn1nnnc1-c1cc(C)cc(OC)c1. The standard InChI is InChI=1S/C14H16N4O/c1-4-5-6-7-18-14(15-16-17-18)12-8-11(2)9-13(10-12)19-3/h8-10H,4,7H2,1-3H3. The van der Waals surface area contributed by atoms with Gasteiger partial charge in [0.1, 0.15) is 12.3 Å². The first-order chi connectivity index (χ1) is 9.24. The van der Waals surface area contributed by atoms with Gasteiger partial charge in [0.05, 0.1) is 7.11 Å². The molecule has 5 nitrogen and oxygen atoms in total. The third-order valence-electron chi connectivity index (χ3n) is 2.61. The number of hydrogen-bond acceptors (Lipinski definition) is 4. The molecule has 0 atom stereocenters. The molecule has 0 saturated carbocycles. The van der Waals surface area contributed by atoms with Crippen LogP contribution in [0, 0.1) is 18.8 Å². The van der Waals surface area contributed by atoms with Crippen molar-refractivity contribution < 1.29 is 4.74 Å². The lowest BCUT2D eigenvalue weighted by molar-refractivity contribution is 0.414. The summed E-state index contributed by atoms with van der Waals surface area (Å²) in [7, 11) is 1.65. The maximum atomic E-state index is 5.27. The lowest BCUT2D eigenvalue weighted by Gasteiger charge is -2.06. The molecular weight excluding hydrogens is 240 g/mol. The predicted molar refractivity (Wildman–Crippen MR) is 72.6 cm³/mol. The molecule has 1 aromatic carbocycles. The van der Waals surface area contributed by atoms with E-state index < -0.39 is 0 Å². The van der Waals surface area contributed by atoms with Crippen molar-refractivity contribution in [1.29, 1.82) is 0 Å². The van der Waals surface area contributed by atoms with Crippen molar-refractivity contribution in [2.45, 2.75) is 26.8 Å². The maximum Gasteiger partial charge on any atom is 0.183 e. The molecule has 1 heterocycles. The fourth-order valence-electron chi connectivity index (χ4n) is 1.77. The van der Waals surface area contributed by atoms with E-state index in [1.807, 2.05) is 32.0 Å². The molecule has 19 heavy (non-hydrogen) atoms. The minimum Gasteiger partial charge on any atom is -0.497 e. The van der Waals surface area contributed by atoms with Gasteiger partial charge in [0, 0.05) is 12.0 Å². The van der Waals surface area contributed by atoms with E-state index in [4.69, 9.17) is 4.74 Å². The highest BCUT2D eigenvalue weighted by Gasteiger charge is 2.09. The molecule has 0 fully saturated rings. The van der Waals surface area contributed by atoms with Crippen LogP contribution in [0.4, 0.5) is 0 Å². The molecule has 0 radical (unpaired) electrons. The number of rotatable bonds is 3. The van der Waals surface area contributed by atoms with Crippen molar-refractivity contribution in [3.63, 3.8) is 0 Å². The third-order valence-corrected chi connectivity index (χ3v) is 2.61. The molecule has 2 aromatic rings. The van der Waals surface area contributed by atoms with E-state index in [-0.39, 0.29) is 0 Å². The zero-order valence-corrected chi connectivity index (χ0v) is 11.3. The van der Waals surface area contributed by atoms with Gasteiger partial charge in [-0.05, 0) is 41.1 Å². The molecule has 0 aliphatic carbocycles. The van der Waals surface area contributed by atoms with Crippen LogP contribution in [-0.4, -0.2) is 27.3 Å². The quantitative estimate of drug-likeness (QED) is 0.789. The number of benzene rings is 1. The van der Waals surface area contributed by atoms with Crippen molar-refractivity contribution in [2.75, 3.05) is 7.11 Å². The zero-order valence-electron chi connectivity index (χ0n) is 11.3. The van der Waals surface area contributed by atoms with Gasteiger partial charge >= 0.3 is 0 Å². The molecule has 5 heteroatoms. The van der Waals surface area contributed by atoms with Gasteiger partial charge in [-0.15, -0.1) is 11.0 Å². The molecule has 0 amide bonds. The Morgan fingerprint density at radius 2 is 2.11 bits per heavy atom. The van der Waals surface area contributed by atoms with Crippen molar-refractivity contribution in [2.24, 2.45) is 0 Å². The monoisotopic (exact) mass is 256 g/mol. The molecule has 0 aliphatic heterocycles. The van der Waals surface area contributed by atoms with Crippen LogP contribution in [0.25, 0.3) is 11.4 Å². The fourth-order valence-corrected chi connectivity index (χ4v) is 1.77. The second-order valence-corrected chi connectivity index (χ2v) is 4.11. The Hall–Kier alpha value is -2.35. The number of ether oxygens (including phenoxy) is 1. The van der Waals surface area contributed by atoms with E-state index in [0.29, 0.717) is 12.4 Å². The Kier molecular flexibility index (Phi) is 4.14. The summed E-state index contributed by atoms with van der Waals surface area (Å²) >= 11 is 0. The molecule has 0 spiro atoms. The molecule has 1 aromatic heterocycles. The van der Waals surface area contributed by atoms with Crippen LogP contribution in [0.15, 0.2) is 18.2 Å². The first-order valence-corrected chi connectivity index (χ1v) is 6.12. The van der Waals surface area contributed by atoms with Gasteiger partial charge in [0.2, 0.25) is 0 Å². The van der Waals surface area contributed by atoms with E-state index in [1.165, 1.54) is 0 Å². The normalized spacial score (nSPS) is 9.84. The van der Waals surface area contributed by atoms with Crippen LogP contribution >= 0.6 is 0 Å². The summed E-state index contributed by atoms with van der Waals surface area (Å²) in [4.78, 5) is 0. The maximum absolute atomic E-state index is 5.27. The van der Waals surface area contributed by atoms with E-state index in [0.717, 1.165) is 23.3 Å². The first kappa shape index (κ1) is 13.1. The highest BCUT2D eigenvalue weighted by atomic mass is 16.5. The molecule has 0 bridgehead atoms. The summed E-state index contributed by atoms with van der Waals surface area (Å²) in [6, 6.07) is 5.91. The number of nitrogens with zero attached hydrogens (tertiary/aromatic N) is 4. The topological polar surface area (TPSA) is 52.8 Å². The van der Waals surface area contributed by atoms with E-state index in [9.17, 15) is 0 Å². The third kappa shape index (κ3) is 3.10. The highest BCUT2D eigenvalue weighted by Crippen LogP contribution is 2.23. The Morgan fingerprint density at radius 1 is 1.26 bits per heavy atom. The van der Waals surface area contributed by atoms with Crippen LogP contribution in [-0.2, 0) is 6.54 Å². The molecule has 98 valence electrons. The number of aromatic nitrogens is 4. The summed E-state index contributed by atoms with van der Waals surface area (Å²) in [5, 5.41) is 11.7. The van der Waals surface area contributed by atoms with Crippen LogP contribution in [0.1, 0.15) is 18.9 Å². The van der Waals surface area contributed by atoms with Gasteiger partial charge in [0.15, 0.2) is 5.82 Å². The molecule has 0 N–H and O–H groups in total. The van der Waals surface area contributed by atoms with Crippen LogP contribution < -0.4 is 4.74 Å². The van der Waals surface area contributed by atoms with Gasteiger partial charge in [-0.2, -0.15) is 0 Å². The highest BCUT2D eigenvalue weighted by molar-refractivity contribution is 5.59. The summed E-state index contributed by atoms with van der Waals surface area (Å²) < 4.78 is 6.96. The van der Waals surface area contributed by atoms with Gasteiger partial charge < -0.3 is 4.74 Å². The lowest BCUT2D eigenvalue weighted by Crippen LogP contribution is -2.01. The minimum atomic E-state index is 0.492. The average Bonchev–Trinajstić information content (AvgIpc) is 2.86. The van der Waals surface area contributed by atoms with Gasteiger partial charge in [-0.3, -0.25) is 0 Å². The summed E-state index contributed by atoms with van der Waals surface area (Å²) in [5.41, 5.74) is 2.03. The van der Waals surface area contributed by atoms with Crippen LogP contribution in [0.5, 0.6) is 5.75 Å². The average molecular weight is 256 g/mol. The van der Waals surface area contributed by atoms with E-state index in [1.54, 1.807) is 11.8 Å². The van der Waals surface area contributed by atoms with Crippen molar-refractivity contribution >= 4 is 0 Å². The summed E-state index contributed by atoms with van der Waals surface area (Å²) in [6.45, 7) is 4.52. The molecule has 0 unspecified atom stereocenters. The largest absolute Gasteiger partial charge is 0.497 e. The van der Waals surface area contributed by atoms with Crippen molar-refractivity contribution in [1.82, 2.24) is 20.2 Å². The van der Waals surface area contributed by atoms with Crippen LogP contribution in [0.2, 0.25) is 0 Å². The second kappa shape index (κ2) is 6.01. The Labute approximate surface area is 112 Å². The summed E-state index contributed by atoms with van der Waals surface area (Å²) in [6.07, 6.45) is 0.829. The fraction of sp³-hybridized carbons (Fsp3) is 0.357. The number of hydrogen-bond donors (Lipinski definition) is 0. The van der Waals surface area contributed by atoms with Gasteiger partial charge in [0.25, 0.3) is 0 Å². The van der Waals surface area contributed by atoms with Gasteiger partial charge in [-0.1, -0.05) is 12.8 Å². The number of aryl methyl sites for hydroxylation is 1. The zero-order chi connectivity index (χ0) is 13.7.